The molecule has 0 aliphatic heterocycles. The third-order valence-electron chi connectivity index (χ3n) is 2.73. The molecule has 0 amide bonds. The first kappa shape index (κ1) is 9.01. The van der Waals surface area contributed by atoms with Crippen LogP contribution in [0.3, 0.4) is 0 Å². The van der Waals surface area contributed by atoms with Gasteiger partial charge in [-0.25, -0.2) is 0 Å². The summed E-state index contributed by atoms with van der Waals surface area (Å²) in [7, 11) is 0. The third-order valence-corrected chi connectivity index (χ3v) is 2.73. The molecule has 1 aliphatic carbocycles. The minimum absolute atomic E-state index is 0.300. The van der Waals surface area contributed by atoms with E-state index in [2.05, 4.69) is 6.92 Å². The molecule has 0 heterocycles. The highest BCUT2D eigenvalue weighted by Crippen LogP contribution is 2.46. The lowest BCUT2D eigenvalue weighted by Crippen LogP contribution is -2.29. The van der Waals surface area contributed by atoms with Crippen LogP contribution in [0.1, 0.15) is 39.5 Å². The molecule has 1 rings (SSSR count). The van der Waals surface area contributed by atoms with Gasteiger partial charge in [0.15, 0.2) is 0 Å². The number of aliphatic hydroxyl groups is 2. The van der Waals surface area contributed by atoms with E-state index in [0.717, 1.165) is 25.7 Å². The van der Waals surface area contributed by atoms with Crippen molar-refractivity contribution in [3.63, 3.8) is 0 Å². The molecule has 0 spiro atoms. The molecule has 3 atom stereocenters. The van der Waals surface area contributed by atoms with Gasteiger partial charge in [-0.1, -0.05) is 26.7 Å². The van der Waals surface area contributed by atoms with Crippen LogP contribution in [0.5, 0.6) is 0 Å². The molecule has 0 radical (unpaired) electrons. The monoisotopic (exact) mass is 158 g/mol. The van der Waals surface area contributed by atoms with Crippen molar-refractivity contribution in [1.82, 2.24) is 0 Å². The maximum absolute atomic E-state index is 9.64. The lowest BCUT2D eigenvalue weighted by atomic mass is 10.0. The fourth-order valence-corrected chi connectivity index (χ4v) is 1.54. The quantitative estimate of drug-likeness (QED) is 0.647. The van der Waals surface area contributed by atoms with Crippen molar-refractivity contribution in [3.8, 4) is 0 Å². The number of hydrogen-bond acceptors (Lipinski definition) is 2. The summed E-state index contributed by atoms with van der Waals surface area (Å²) in [4.78, 5) is 0. The highest BCUT2D eigenvalue weighted by molar-refractivity contribution is 5.05. The highest BCUT2D eigenvalue weighted by Gasteiger charge is 2.54. The molecule has 0 saturated heterocycles. The second-order valence-electron chi connectivity index (χ2n) is 3.75. The fraction of sp³-hybridized carbons (Fsp3) is 1.00. The van der Waals surface area contributed by atoms with Crippen molar-refractivity contribution in [3.05, 3.63) is 0 Å². The van der Waals surface area contributed by atoms with Crippen LogP contribution in [0.15, 0.2) is 0 Å². The zero-order valence-corrected chi connectivity index (χ0v) is 7.38. The summed E-state index contributed by atoms with van der Waals surface area (Å²) in [6, 6.07) is 0. The molecule has 0 bridgehead atoms. The van der Waals surface area contributed by atoms with Gasteiger partial charge in [-0.15, -0.1) is 0 Å². The van der Waals surface area contributed by atoms with E-state index in [9.17, 15) is 10.2 Å². The molecular weight excluding hydrogens is 140 g/mol. The van der Waals surface area contributed by atoms with E-state index < -0.39 is 11.7 Å². The van der Waals surface area contributed by atoms with E-state index in [-0.39, 0.29) is 0 Å². The average Bonchev–Trinajstić information content (AvgIpc) is 2.56. The minimum atomic E-state index is -0.727. The predicted molar refractivity (Wildman–Crippen MR) is 44.3 cm³/mol. The van der Waals surface area contributed by atoms with Crippen LogP contribution in [-0.4, -0.2) is 21.9 Å². The number of aliphatic hydroxyl groups excluding tert-OH is 1. The predicted octanol–water partition coefficient (Wildman–Crippen LogP) is 1.31. The van der Waals surface area contributed by atoms with Crippen LogP contribution >= 0.6 is 0 Å². The van der Waals surface area contributed by atoms with E-state index >= 15 is 0 Å². The Morgan fingerprint density at radius 1 is 1.64 bits per heavy atom. The standard InChI is InChI=1S/C9H18O2/c1-3-4-5-8(10)9(11)6-7(9)2/h7-8,10-11H,3-6H2,1-2H3/t7-,8-,9+/m0/s1. The largest absolute Gasteiger partial charge is 0.390 e. The van der Waals surface area contributed by atoms with E-state index in [4.69, 9.17) is 0 Å². The molecule has 1 fully saturated rings. The Bertz CT molecular complexity index is 136. The third kappa shape index (κ3) is 1.74. The molecule has 11 heavy (non-hydrogen) atoms. The molecule has 2 heteroatoms. The molecule has 66 valence electrons. The molecule has 0 aromatic rings. The Balaban J connectivity index is 2.25. The van der Waals surface area contributed by atoms with Crippen molar-refractivity contribution in [1.29, 1.82) is 0 Å². The first-order valence-corrected chi connectivity index (χ1v) is 4.51. The summed E-state index contributed by atoms with van der Waals surface area (Å²) >= 11 is 0. The Hall–Kier alpha value is -0.0800. The maximum Gasteiger partial charge on any atom is 0.0935 e. The van der Waals surface area contributed by atoms with Gasteiger partial charge in [0.25, 0.3) is 0 Å². The maximum atomic E-state index is 9.64. The molecule has 2 nitrogen and oxygen atoms in total. The number of rotatable bonds is 4. The zero-order chi connectivity index (χ0) is 8.48. The van der Waals surface area contributed by atoms with Crippen LogP contribution in [-0.2, 0) is 0 Å². The van der Waals surface area contributed by atoms with Gasteiger partial charge in [0.2, 0.25) is 0 Å². The van der Waals surface area contributed by atoms with Crippen molar-refractivity contribution in [2.45, 2.75) is 51.2 Å². The molecular formula is C9H18O2. The van der Waals surface area contributed by atoms with Gasteiger partial charge in [0.05, 0.1) is 11.7 Å². The Morgan fingerprint density at radius 3 is 2.55 bits per heavy atom. The molecule has 1 saturated carbocycles. The molecule has 0 aromatic carbocycles. The van der Waals surface area contributed by atoms with Crippen LogP contribution in [0.2, 0.25) is 0 Å². The smallest absolute Gasteiger partial charge is 0.0935 e. The summed E-state index contributed by atoms with van der Waals surface area (Å²) in [6.07, 6.45) is 3.13. The van der Waals surface area contributed by atoms with Gasteiger partial charge in [0, 0.05) is 0 Å². The Labute approximate surface area is 68.2 Å². The van der Waals surface area contributed by atoms with Crippen LogP contribution in [0, 0.1) is 5.92 Å². The van der Waals surface area contributed by atoms with Gasteiger partial charge in [-0.2, -0.15) is 0 Å². The topological polar surface area (TPSA) is 40.5 Å². The van der Waals surface area contributed by atoms with Gasteiger partial charge in [-0.3, -0.25) is 0 Å². The SMILES string of the molecule is CCCC[C@H](O)[C@@]1(O)C[C@@H]1C. The van der Waals surface area contributed by atoms with Crippen molar-refractivity contribution >= 4 is 0 Å². The minimum Gasteiger partial charge on any atom is -0.390 e. The first-order valence-electron chi connectivity index (χ1n) is 4.51. The normalized spacial score (nSPS) is 38.7. The van der Waals surface area contributed by atoms with Crippen molar-refractivity contribution in [2.75, 3.05) is 0 Å². The Kier molecular flexibility index (Phi) is 2.55. The lowest BCUT2D eigenvalue weighted by Gasteiger charge is -2.16. The highest BCUT2D eigenvalue weighted by atomic mass is 16.3. The number of unbranched alkanes of at least 4 members (excludes halogenated alkanes) is 1. The summed E-state index contributed by atoms with van der Waals surface area (Å²) in [5.41, 5.74) is -0.727. The van der Waals surface area contributed by atoms with Crippen LogP contribution < -0.4 is 0 Å². The molecule has 0 unspecified atom stereocenters. The van der Waals surface area contributed by atoms with E-state index in [1.54, 1.807) is 0 Å². The van der Waals surface area contributed by atoms with E-state index in [1.807, 2.05) is 6.92 Å². The summed E-state index contributed by atoms with van der Waals surface area (Å²) in [6.45, 7) is 4.07. The van der Waals surface area contributed by atoms with Crippen molar-refractivity contribution < 1.29 is 10.2 Å². The Morgan fingerprint density at radius 2 is 2.18 bits per heavy atom. The first-order chi connectivity index (χ1) is 5.11. The summed E-state index contributed by atoms with van der Waals surface area (Å²) < 4.78 is 0. The molecule has 0 aromatic heterocycles. The average molecular weight is 158 g/mol. The second-order valence-corrected chi connectivity index (χ2v) is 3.75. The summed E-state index contributed by atoms with van der Waals surface area (Å²) in [5, 5.41) is 19.1. The van der Waals surface area contributed by atoms with E-state index in [0.29, 0.717) is 5.92 Å². The van der Waals surface area contributed by atoms with Crippen LogP contribution in [0.4, 0.5) is 0 Å². The number of hydrogen-bond donors (Lipinski definition) is 2. The summed E-state index contributed by atoms with van der Waals surface area (Å²) in [5.74, 6) is 0.300. The van der Waals surface area contributed by atoms with Crippen LogP contribution in [0.25, 0.3) is 0 Å². The second kappa shape index (κ2) is 3.11. The van der Waals surface area contributed by atoms with E-state index in [1.165, 1.54) is 0 Å². The van der Waals surface area contributed by atoms with Gasteiger partial charge in [-0.05, 0) is 18.8 Å². The molecule has 1 aliphatic rings. The van der Waals surface area contributed by atoms with Gasteiger partial charge >= 0.3 is 0 Å². The van der Waals surface area contributed by atoms with Gasteiger partial charge in [0.1, 0.15) is 0 Å². The molecule has 2 N–H and O–H groups in total. The van der Waals surface area contributed by atoms with Crippen molar-refractivity contribution in [2.24, 2.45) is 5.92 Å². The lowest BCUT2D eigenvalue weighted by molar-refractivity contribution is -0.0154. The fourth-order valence-electron chi connectivity index (χ4n) is 1.54. The zero-order valence-electron chi connectivity index (χ0n) is 7.38. The van der Waals surface area contributed by atoms with Gasteiger partial charge < -0.3 is 10.2 Å².